The number of hydrogen-bond donors (Lipinski definition) is 1. The molecule has 0 aliphatic carbocycles. The van der Waals surface area contributed by atoms with Crippen LogP contribution in [-0.4, -0.2) is 36.4 Å². The van der Waals surface area contributed by atoms with E-state index in [1.807, 2.05) is 12.2 Å². The number of carbonyl (C=O) groups excluding carboxylic acids is 2. The van der Waals surface area contributed by atoms with Gasteiger partial charge in [-0.15, -0.1) is 0 Å². The highest BCUT2D eigenvalue weighted by Gasteiger charge is 2.15. The van der Waals surface area contributed by atoms with Crippen LogP contribution in [-0.2, 0) is 19.1 Å². The van der Waals surface area contributed by atoms with E-state index in [0.29, 0.717) is 12.8 Å². The number of ether oxygens (including phenoxy) is 2. The minimum atomic E-state index is -0.812. The maximum atomic E-state index is 12.2. The van der Waals surface area contributed by atoms with E-state index < -0.39 is 6.10 Å². The van der Waals surface area contributed by atoms with Gasteiger partial charge in [0.15, 0.2) is 6.10 Å². The molecule has 0 spiro atoms. The van der Waals surface area contributed by atoms with Gasteiger partial charge in [0.2, 0.25) is 0 Å². The number of unbranched alkanes of at least 4 members (excludes halogenated alkanes) is 10. The summed E-state index contributed by atoms with van der Waals surface area (Å²) < 4.78 is 10.5. The first-order valence-electron chi connectivity index (χ1n) is 19.8. The predicted octanol–water partition coefficient (Wildman–Crippen LogP) is 12.5. The summed E-state index contributed by atoms with van der Waals surface area (Å²) in [6.07, 6.45) is 56.2. The van der Waals surface area contributed by atoms with E-state index >= 15 is 0 Å². The molecule has 1 N–H and O–H groups in total. The Morgan fingerprint density at radius 2 is 0.900 bits per heavy atom. The zero-order valence-corrected chi connectivity index (χ0v) is 31.9. The average Bonchev–Trinajstić information content (AvgIpc) is 3.12. The van der Waals surface area contributed by atoms with Gasteiger partial charge in [0, 0.05) is 12.8 Å². The van der Waals surface area contributed by atoms with Crippen LogP contribution in [0.5, 0.6) is 0 Å². The maximum absolute atomic E-state index is 12.2. The first-order chi connectivity index (χ1) is 24.6. The standard InChI is InChI=1S/C45H72O5/c1-3-5-7-9-11-13-15-17-19-21-22-24-25-27-29-31-33-35-37-39-44(47)49-42-43(41-46)50-45(48)40-38-36-34-32-30-28-26-23-20-18-16-14-12-10-8-6-4-2/h5,7,11-14,17-20,22,24,27,29,33,35,43,46H,3-4,6,8-10,15-16,21,23,25-26,28,30-32,34,36-42H2,1-2H3. The Morgan fingerprint density at radius 1 is 0.480 bits per heavy atom. The number of esters is 2. The molecule has 1 unspecified atom stereocenters. The van der Waals surface area contributed by atoms with Crippen molar-refractivity contribution in [3.63, 3.8) is 0 Å². The molecule has 0 bridgehead atoms. The molecular formula is C45H72O5. The molecule has 0 fully saturated rings. The molecule has 282 valence electrons. The molecule has 0 radical (unpaired) electrons. The summed E-state index contributed by atoms with van der Waals surface area (Å²) in [5.41, 5.74) is 0. The summed E-state index contributed by atoms with van der Waals surface area (Å²) in [6, 6.07) is 0. The molecule has 0 heterocycles. The van der Waals surface area contributed by atoms with Crippen molar-refractivity contribution in [2.75, 3.05) is 13.2 Å². The summed E-state index contributed by atoms with van der Waals surface area (Å²) in [4.78, 5) is 24.2. The topological polar surface area (TPSA) is 72.8 Å². The SMILES string of the molecule is CCC=CCC=CCC=CCC=CCC=CCC=CCCC(=O)OCC(CO)OC(=O)CCCCCCCCCC=CCC=CCCCCC. The number of aliphatic hydroxyl groups excluding tert-OH is 1. The Kier molecular flexibility index (Phi) is 37.7. The number of rotatable bonds is 34. The van der Waals surface area contributed by atoms with Crippen molar-refractivity contribution in [1.29, 1.82) is 0 Å². The van der Waals surface area contributed by atoms with Crippen LogP contribution < -0.4 is 0 Å². The monoisotopic (exact) mass is 693 g/mol. The van der Waals surface area contributed by atoms with Gasteiger partial charge in [-0.25, -0.2) is 0 Å². The lowest BCUT2D eigenvalue weighted by Crippen LogP contribution is -2.28. The lowest BCUT2D eigenvalue weighted by Gasteiger charge is -2.15. The molecule has 0 saturated heterocycles. The van der Waals surface area contributed by atoms with Crippen molar-refractivity contribution in [2.45, 2.75) is 161 Å². The van der Waals surface area contributed by atoms with Crippen molar-refractivity contribution in [2.24, 2.45) is 0 Å². The van der Waals surface area contributed by atoms with Crippen molar-refractivity contribution < 1.29 is 24.2 Å². The van der Waals surface area contributed by atoms with Crippen LogP contribution in [0.3, 0.4) is 0 Å². The smallest absolute Gasteiger partial charge is 0.306 e. The molecule has 1 atom stereocenters. The molecule has 5 heteroatoms. The van der Waals surface area contributed by atoms with E-state index in [9.17, 15) is 14.7 Å². The third kappa shape index (κ3) is 37.6. The minimum Gasteiger partial charge on any atom is -0.462 e. The van der Waals surface area contributed by atoms with Gasteiger partial charge in [0.25, 0.3) is 0 Å². The molecule has 0 rings (SSSR count). The van der Waals surface area contributed by atoms with Gasteiger partial charge < -0.3 is 14.6 Å². The zero-order valence-electron chi connectivity index (χ0n) is 31.9. The fraction of sp³-hybridized carbons (Fsp3) is 0.600. The number of hydrogen-bond acceptors (Lipinski definition) is 5. The predicted molar refractivity (Wildman–Crippen MR) is 214 cm³/mol. The lowest BCUT2D eigenvalue weighted by atomic mass is 10.1. The normalized spacial score (nSPS) is 13.3. The molecule has 50 heavy (non-hydrogen) atoms. The summed E-state index contributed by atoms with van der Waals surface area (Å²) in [6.45, 7) is 3.91. The van der Waals surface area contributed by atoms with Crippen molar-refractivity contribution in [3.8, 4) is 0 Å². The number of carbonyl (C=O) groups is 2. The average molecular weight is 693 g/mol. The maximum Gasteiger partial charge on any atom is 0.306 e. The summed E-state index contributed by atoms with van der Waals surface area (Å²) in [7, 11) is 0. The van der Waals surface area contributed by atoms with E-state index in [1.54, 1.807) is 0 Å². The largest absolute Gasteiger partial charge is 0.462 e. The Bertz CT molecular complexity index is 1010. The van der Waals surface area contributed by atoms with Gasteiger partial charge in [-0.2, -0.15) is 0 Å². The molecule has 0 saturated carbocycles. The van der Waals surface area contributed by atoms with Crippen LogP contribution in [0.15, 0.2) is 97.2 Å². The fourth-order valence-electron chi connectivity index (χ4n) is 4.90. The Morgan fingerprint density at radius 3 is 1.38 bits per heavy atom. The number of allylic oxidation sites excluding steroid dienone is 16. The van der Waals surface area contributed by atoms with Gasteiger partial charge in [0.1, 0.15) is 6.61 Å². The molecule has 0 aliphatic rings. The Labute approximate surface area is 307 Å². The number of aliphatic hydroxyl groups is 1. The third-order valence-electron chi connectivity index (χ3n) is 7.88. The van der Waals surface area contributed by atoms with Crippen molar-refractivity contribution >= 4 is 11.9 Å². The van der Waals surface area contributed by atoms with Gasteiger partial charge in [-0.1, -0.05) is 156 Å². The van der Waals surface area contributed by atoms with Crippen LogP contribution >= 0.6 is 0 Å². The third-order valence-corrected chi connectivity index (χ3v) is 7.88. The van der Waals surface area contributed by atoms with Crippen LogP contribution in [0, 0.1) is 0 Å². The molecule has 0 amide bonds. The molecule has 5 nitrogen and oxygen atoms in total. The highest BCUT2D eigenvalue weighted by molar-refractivity contribution is 5.70. The second-order valence-electron chi connectivity index (χ2n) is 12.6. The van der Waals surface area contributed by atoms with Crippen molar-refractivity contribution in [3.05, 3.63) is 97.2 Å². The Balaban J connectivity index is 3.73. The lowest BCUT2D eigenvalue weighted by molar-refractivity contribution is -0.161. The first-order valence-corrected chi connectivity index (χ1v) is 19.8. The highest BCUT2D eigenvalue weighted by Crippen LogP contribution is 2.11. The van der Waals surface area contributed by atoms with Crippen molar-refractivity contribution in [1.82, 2.24) is 0 Å². The van der Waals surface area contributed by atoms with Gasteiger partial charge in [-0.3, -0.25) is 9.59 Å². The summed E-state index contributed by atoms with van der Waals surface area (Å²) >= 11 is 0. The first kappa shape index (κ1) is 46.8. The van der Waals surface area contributed by atoms with Crippen LogP contribution in [0.4, 0.5) is 0 Å². The Hall–Kier alpha value is -3.18. The van der Waals surface area contributed by atoms with Crippen LogP contribution in [0.2, 0.25) is 0 Å². The van der Waals surface area contributed by atoms with Gasteiger partial charge in [0.05, 0.1) is 6.61 Å². The van der Waals surface area contributed by atoms with E-state index in [0.717, 1.165) is 70.6 Å². The van der Waals surface area contributed by atoms with E-state index in [-0.39, 0.29) is 31.6 Å². The minimum absolute atomic E-state index is 0.115. The summed E-state index contributed by atoms with van der Waals surface area (Å²) in [5.74, 6) is -0.707. The quantitative estimate of drug-likeness (QED) is 0.0413. The van der Waals surface area contributed by atoms with Gasteiger partial charge in [-0.05, 0) is 83.5 Å². The van der Waals surface area contributed by atoms with Gasteiger partial charge >= 0.3 is 11.9 Å². The molecular weight excluding hydrogens is 620 g/mol. The molecule has 0 aliphatic heterocycles. The second-order valence-corrected chi connectivity index (χ2v) is 12.6. The van der Waals surface area contributed by atoms with E-state index in [2.05, 4.69) is 98.9 Å². The van der Waals surface area contributed by atoms with E-state index in [4.69, 9.17) is 9.47 Å². The zero-order chi connectivity index (χ0) is 36.4. The summed E-state index contributed by atoms with van der Waals surface area (Å²) in [5, 5.41) is 9.55. The highest BCUT2D eigenvalue weighted by atomic mass is 16.6. The fourth-order valence-corrected chi connectivity index (χ4v) is 4.90. The van der Waals surface area contributed by atoms with E-state index in [1.165, 1.54) is 51.4 Å². The van der Waals surface area contributed by atoms with Crippen LogP contribution in [0.1, 0.15) is 155 Å². The molecule has 0 aromatic heterocycles. The second kappa shape index (κ2) is 40.3. The molecule has 0 aromatic carbocycles. The van der Waals surface area contributed by atoms with Crippen LogP contribution in [0.25, 0.3) is 0 Å². The molecule has 0 aromatic rings.